The van der Waals surface area contributed by atoms with Gasteiger partial charge in [0.05, 0.1) is 10.9 Å². The van der Waals surface area contributed by atoms with E-state index >= 15 is 0 Å². The summed E-state index contributed by atoms with van der Waals surface area (Å²) in [5.74, 6) is 0.628. The number of hydrogen-bond acceptors (Lipinski definition) is 7. The fourth-order valence-electron chi connectivity index (χ4n) is 2.51. The van der Waals surface area contributed by atoms with Crippen LogP contribution in [0, 0.1) is 18.3 Å². The van der Waals surface area contributed by atoms with Crippen molar-refractivity contribution < 1.29 is 9.32 Å². The van der Waals surface area contributed by atoms with E-state index in [1.165, 1.54) is 0 Å². The van der Waals surface area contributed by atoms with Crippen LogP contribution in [0.1, 0.15) is 24.7 Å². The molecule has 3 aromatic rings. The highest BCUT2D eigenvalue weighted by Crippen LogP contribution is 2.26. The number of carbonyl (C=O) groups is 1. The number of nitriles is 1. The Morgan fingerprint density at radius 1 is 1.39 bits per heavy atom. The molecule has 1 amide bonds. The van der Waals surface area contributed by atoms with Gasteiger partial charge in [0.2, 0.25) is 5.91 Å². The lowest BCUT2D eigenvalue weighted by Gasteiger charge is -2.13. The molecule has 9 heteroatoms. The minimum atomic E-state index is -0.541. The van der Waals surface area contributed by atoms with E-state index in [1.807, 2.05) is 19.1 Å². The molecule has 1 atom stereocenters. The lowest BCUT2D eigenvalue weighted by molar-refractivity contribution is -0.115. The summed E-state index contributed by atoms with van der Waals surface area (Å²) in [7, 11) is 0. The van der Waals surface area contributed by atoms with Crippen LogP contribution in [0.2, 0.25) is 0 Å². The van der Waals surface area contributed by atoms with Crippen LogP contribution in [0.25, 0.3) is 11.3 Å². The van der Waals surface area contributed by atoms with E-state index in [-0.39, 0.29) is 22.3 Å². The Bertz CT molecular complexity index is 1080. The van der Waals surface area contributed by atoms with Gasteiger partial charge in [-0.2, -0.15) is 5.26 Å². The summed E-state index contributed by atoms with van der Waals surface area (Å²) in [6.45, 7) is 3.58. The molecule has 0 bridgehead atoms. The van der Waals surface area contributed by atoms with Crippen molar-refractivity contribution >= 4 is 23.5 Å². The number of H-pyrrole nitrogens is 1. The Morgan fingerprint density at radius 2 is 2.14 bits per heavy atom. The summed E-state index contributed by atoms with van der Waals surface area (Å²) in [5.41, 5.74) is 0.340. The summed E-state index contributed by atoms with van der Waals surface area (Å²) in [6, 6.07) is 12.5. The van der Waals surface area contributed by atoms with Gasteiger partial charge in [0, 0.05) is 11.6 Å². The fourth-order valence-corrected chi connectivity index (χ4v) is 3.40. The van der Waals surface area contributed by atoms with Crippen molar-refractivity contribution in [1.29, 1.82) is 5.26 Å². The lowest BCUT2D eigenvalue weighted by Crippen LogP contribution is -2.25. The Labute approximate surface area is 165 Å². The van der Waals surface area contributed by atoms with Crippen LogP contribution in [0.5, 0.6) is 0 Å². The third-order valence-electron chi connectivity index (χ3n) is 3.85. The summed E-state index contributed by atoms with van der Waals surface area (Å²) in [6.07, 6.45) is 0.498. The quantitative estimate of drug-likeness (QED) is 0.485. The molecular weight excluding hydrogens is 378 g/mol. The molecule has 0 saturated carbocycles. The van der Waals surface area contributed by atoms with E-state index < -0.39 is 10.8 Å². The van der Waals surface area contributed by atoms with Crippen LogP contribution >= 0.6 is 11.8 Å². The normalized spacial score (nSPS) is 11.6. The highest BCUT2D eigenvalue weighted by atomic mass is 32.2. The van der Waals surface area contributed by atoms with Crippen molar-refractivity contribution in [1.82, 2.24) is 15.1 Å². The number of nitrogens with one attached hydrogen (secondary N) is 2. The highest BCUT2D eigenvalue weighted by Gasteiger charge is 2.22. The topological polar surface area (TPSA) is 125 Å². The van der Waals surface area contributed by atoms with Crippen LogP contribution in [-0.2, 0) is 4.79 Å². The van der Waals surface area contributed by atoms with E-state index in [0.717, 1.165) is 11.8 Å². The van der Waals surface area contributed by atoms with Crippen molar-refractivity contribution in [3.63, 3.8) is 0 Å². The van der Waals surface area contributed by atoms with Gasteiger partial charge in [-0.05, 0) is 13.3 Å². The van der Waals surface area contributed by atoms with Gasteiger partial charge < -0.3 is 14.8 Å². The average molecular weight is 395 g/mol. The number of aryl methyl sites for hydroxylation is 1. The van der Waals surface area contributed by atoms with Crippen molar-refractivity contribution in [2.75, 3.05) is 5.32 Å². The number of benzene rings is 1. The number of hydrogen-bond donors (Lipinski definition) is 2. The van der Waals surface area contributed by atoms with Crippen LogP contribution in [-0.4, -0.2) is 26.3 Å². The zero-order valence-corrected chi connectivity index (χ0v) is 16.0. The Hall–Kier alpha value is -3.38. The zero-order chi connectivity index (χ0) is 20.1. The molecule has 0 spiro atoms. The summed E-state index contributed by atoms with van der Waals surface area (Å²) < 4.78 is 4.94. The molecule has 0 radical (unpaired) electrons. The number of nitrogens with zero attached hydrogens (tertiary/aromatic N) is 3. The maximum atomic E-state index is 12.5. The van der Waals surface area contributed by atoms with E-state index in [4.69, 9.17) is 4.52 Å². The fraction of sp³-hybridized carbons (Fsp3) is 0.211. The van der Waals surface area contributed by atoms with Crippen molar-refractivity contribution in [3.05, 3.63) is 58.1 Å². The van der Waals surface area contributed by atoms with Crippen LogP contribution in [0.15, 0.2) is 50.9 Å². The van der Waals surface area contributed by atoms with E-state index in [9.17, 15) is 14.9 Å². The van der Waals surface area contributed by atoms with Gasteiger partial charge in [0.1, 0.15) is 17.4 Å². The van der Waals surface area contributed by atoms with Gasteiger partial charge >= 0.3 is 0 Å². The summed E-state index contributed by atoms with van der Waals surface area (Å²) in [4.78, 5) is 31.9. The molecule has 8 nitrogen and oxygen atoms in total. The molecule has 142 valence electrons. The van der Waals surface area contributed by atoms with Crippen LogP contribution in [0.4, 0.5) is 5.82 Å². The molecule has 0 aliphatic heterocycles. The van der Waals surface area contributed by atoms with Gasteiger partial charge in [0.15, 0.2) is 11.0 Å². The third-order valence-corrected chi connectivity index (χ3v) is 5.10. The van der Waals surface area contributed by atoms with Gasteiger partial charge in [-0.15, -0.1) is 0 Å². The maximum absolute atomic E-state index is 12.5. The Kier molecular flexibility index (Phi) is 5.91. The predicted octanol–water partition coefficient (Wildman–Crippen LogP) is 3.11. The first kappa shape index (κ1) is 19.4. The highest BCUT2D eigenvalue weighted by molar-refractivity contribution is 8.00. The van der Waals surface area contributed by atoms with Crippen molar-refractivity contribution in [3.8, 4) is 17.3 Å². The number of rotatable bonds is 6. The standard InChI is InChI=1S/C19H17N5O3S/c1-3-14(18(26)21-15-9-11(2)27-24-15)28-19-22-16(12-7-5-4-6-8-12)13(10-20)17(25)23-19/h4-9,14H,3H2,1-2H3,(H,21,24,26)(H,22,23,25)/t14-/m1/s1. The van der Waals surface area contributed by atoms with Crippen LogP contribution < -0.4 is 10.9 Å². The molecule has 0 aliphatic carbocycles. The SMILES string of the molecule is CC[C@@H](Sc1nc(-c2ccccc2)c(C#N)c(=O)[nH]1)C(=O)Nc1cc(C)on1. The molecule has 0 saturated heterocycles. The molecule has 2 N–H and O–H groups in total. The van der Waals surface area contributed by atoms with Crippen molar-refractivity contribution in [2.24, 2.45) is 0 Å². The minimum absolute atomic E-state index is 0.0638. The molecular formula is C19H17N5O3S. The number of aromatic amines is 1. The maximum Gasteiger partial charge on any atom is 0.270 e. The molecule has 2 aromatic heterocycles. The van der Waals surface area contributed by atoms with Gasteiger partial charge in [-0.1, -0.05) is 54.2 Å². The Morgan fingerprint density at radius 3 is 2.75 bits per heavy atom. The number of amides is 1. The first-order chi connectivity index (χ1) is 13.5. The summed E-state index contributed by atoms with van der Waals surface area (Å²) >= 11 is 1.12. The monoisotopic (exact) mass is 395 g/mol. The molecule has 0 unspecified atom stereocenters. The molecule has 2 heterocycles. The van der Waals surface area contributed by atoms with Gasteiger partial charge in [-0.3, -0.25) is 9.59 Å². The first-order valence-electron chi connectivity index (χ1n) is 8.52. The Balaban J connectivity index is 1.88. The first-order valence-corrected chi connectivity index (χ1v) is 9.40. The molecule has 1 aromatic carbocycles. The van der Waals surface area contributed by atoms with Crippen LogP contribution in [0.3, 0.4) is 0 Å². The largest absolute Gasteiger partial charge is 0.360 e. The molecule has 3 rings (SSSR count). The van der Waals surface area contributed by atoms with E-state index in [0.29, 0.717) is 23.6 Å². The molecule has 0 aliphatic rings. The second kappa shape index (κ2) is 8.54. The van der Waals surface area contributed by atoms with Crippen molar-refractivity contribution in [2.45, 2.75) is 30.7 Å². The van der Waals surface area contributed by atoms with E-state index in [1.54, 1.807) is 37.3 Å². The molecule has 0 fully saturated rings. The average Bonchev–Trinajstić information content (AvgIpc) is 3.10. The number of aromatic nitrogens is 3. The smallest absolute Gasteiger partial charge is 0.270 e. The number of anilines is 1. The number of thioether (sulfide) groups is 1. The third kappa shape index (κ3) is 4.29. The summed E-state index contributed by atoms with van der Waals surface area (Å²) in [5, 5.41) is 15.5. The minimum Gasteiger partial charge on any atom is -0.360 e. The zero-order valence-electron chi connectivity index (χ0n) is 15.2. The van der Waals surface area contributed by atoms with Gasteiger partial charge in [0.25, 0.3) is 5.56 Å². The molecule has 28 heavy (non-hydrogen) atoms. The van der Waals surface area contributed by atoms with E-state index in [2.05, 4.69) is 20.4 Å². The number of carbonyl (C=O) groups excluding carboxylic acids is 1. The second-order valence-corrected chi connectivity index (χ2v) is 7.09. The lowest BCUT2D eigenvalue weighted by atomic mass is 10.1. The van der Waals surface area contributed by atoms with Gasteiger partial charge in [-0.25, -0.2) is 4.98 Å². The predicted molar refractivity (Wildman–Crippen MR) is 105 cm³/mol. The second-order valence-electron chi connectivity index (χ2n) is 5.90.